The van der Waals surface area contributed by atoms with Crippen LogP contribution in [0, 0.1) is 0 Å². The number of hydrogen-bond donors (Lipinski definition) is 2. The van der Waals surface area contributed by atoms with Gasteiger partial charge in [0.25, 0.3) is 0 Å². The molecule has 8 nitrogen and oxygen atoms in total. The van der Waals surface area contributed by atoms with Crippen LogP contribution in [0.2, 0.25) is 0 Å². The molecule has 4 rings (SSSR count). The van der Waals surface area contributed by atoms with Gasteiger partial charge in [0.1, 0.15) is 11.8 Å². The van der Waals surface area contributed by atoms with E-state index in [1.807, 2.05) is 24.3 Å². The van der Waals surface area contributed by atoms with E-state index in [-0.39, 0.29) is 0 Å². The highest BCUT2D eigenvalue weighted by Gasteiger charge is 2.21. The molecule has 3 heterocycles. The zero-order valence-corrected chi connectivity index (χ0v) is 15.4. The molecule has 2 aromatic heterocycles. The van der Waals surface area contributed by atoms with Crippen molar-refractivity contribution in [3.05, 3.63) is 41.1 Å². The first-order chi connectivity index (χ1) is 12.5. The van der Waals surface area contributed by atoms with Gasteiger partial charge in [-0.05, 0) is 34.1 Å². The van der Waals surface area contributed by atoms with Crippen molar-refractivity contribution in [1.82, 2.24) is 19.5 Å². The van der Waals surface area contributed by atoms with Crippen LogP contribution in [0.4, 0.5) is 16.3 Å². The van der Waals surface area contributed by atoms with Gasteiger partial charge in [-0.15, -0.1) is 0 Å². The molecule has 1 amide bonds. The Kier molecular flexibility index (Phi) is 4.15. The number of carbonyl (C=O) groups is 1. The lowest BCUT2D eigenvalue weighted by molar-refractivity contribution is 0.142. The minimum atomic E-state index is -0.861. The Morgan fingerprint density at radius 2 is 1.96 bits per heavy atom. The standard InChI is InChI=1S/C17H17BrN6O2/c18-13-9-14(24-15(13)16(19)20-10-21-24)11-2-1-3-12(8-11)22-4-6-23(7-5-22)17(25)26/h1-3,8-10H,4-7H2,(H,25,26)(H2,19,20,21). The molecule has 0 radical (unpaired) electrons. The summed E-state index contributed by atoms with van der Waals surface area (Å²) < 4.78 is 2.61. The molecule has 0 aliphatic carbocycles. The molecule has 0 bridgehead atoms. The summed E-state index contributed by atoms with van der Waals surface area (Å²) in [5.74, 6) is 0.416. The van der Waals surface area contributed by atoms with E-state index in [9.17, 15) is 4.79 Å². The second-order valence-electron chi connectivity index (χ2n) is 6.09. The third-order valence-electron chi connectivity index (χ3n) is 4.59. The van der Waals surface area contributed by atoms with Crippen LogP contribution < -0.4 is 10.6 Å². The van der Waals surface area contributed by atoms with Gasteiger partial charge in [-0.2, -0.15) is 5.10 Å². The molecule has 0 spiro atoms. The Balaban J connectivity index is 1.67. The highest BCUT2D eigenvalue weighted by molar-refractivity contribution is 9.10. The zero-order valence-electron chi connectivity index (χ0n) is 13.8. The van der Waals surface area contributed by atoms with Gasteiger partial charge in [0.2, 0.25) is 0 Å². The van der Waals surface area contributed by atoms with Crippen LogP contribution in [0.25, 0.3) is 16.8 Å². The van der Waals surface area contributed by atoms with Crippen molar-refractivity contribution in [2.24, 2.45) is 0 Å². The van der Waals surface area contributed by atoms with Gasteiger partial charge >= 0.3 is 6.09 Å². The number of amides is 1. The molecule has 1 fully saturated rings. The summed E-state index contributed by atoms with van der Waals surface area (Å²) in [4.78, 5) is 18.7. The van der Waals surface area contributed by atoms with Crippen LogP contribution in [0.3, 0.4) is 0 Å². The lowest BCUT2D eigenvalue weighted by Gasteiger charge is -2.34. The van der Waals surface area contributed by atoms with Crippen molar-refractivity contribution in [1.29, 1.82) is 0 Å². The second-order valence-corrected chi connectivity index (χ2v) is 6.94. The van der Waals surface area contributed by atoms with Crippen molar-refractivity contribution in [2.75, 3.05) is 36.8 Å². The number of benzene rings is 1. The van der Waals surface area contributed by atoms with Gasteiger partial charge in [0.05, 0.1) is 5.69 Å². The average molecular weight is 417 g/mol. The topological polar surface area (TPSA) is 100.0 Å². The molecule has 1 saturated heterocycles. The number of fused-ring (bicyclic) bond motifs is 1. The Bertz CT molecular complexity index is 981. The number of piperazine rings is 1. The van der Waals surface area contributed by atoms with E-state index in [0.717, 1.165) is 26.9 Å². The summed E-state index contributed by atoms with van der Waals surface area (Å²) in [6.45, 7) is 2.35. The summed E-state index contributed by atoms with van der Waals surface area (Å²) in [5.41, 5.74) is 9.68. The van der Waals surface area contributed by atoms with Gasteiger partial charge in [0, 0.05) is 41.9 Å². The largest absolute Gasteiger partial charge is 0.465 e. The Morgan fingerprint density at radius 1 is 1.19 bits per heavy atom. The lowest BCUT2D eigenvalue weighted by Crippen LogP contribution is -2.48. The monoisotopic (exact) mass is 416 g/mol. The highest BCUT2D eigenvalue weighted by atomic mass is 79.9. The third-order valence-corrected chi connectivity index (χ3v) is 5.20. The third kappa shape index (κ3) is 2.84. The maximum atomic E-state index is 11.1. The van der Waals surface area contributed by atoms with Crippen LogP contribution in [0.5, 0.6) is 0 Å². The lowest BCUT2D eigenvalue weighted by atomic mass is 10.1. The second kappa shape index (κ2) is 6.49. The number of rotatable bonds is 2. The first kappa shape index (κ1) is 16.6. The number of nitrogens with zero attached hydrogens (tertiary/aromatic N) is 5. The molecule has 9 heteroatoms. The Hall–Kier alpha value is -2.81. The SMILES string of the molecule is Nc1ncnn2c(-c3cccc(N4CCN(C(=O)O)CC4)c3)cc(Br)c12. The molecular weight excluding hydrogens is 400 g/mol. The summed E-state index contributed by atoms with van der Waals surface area (Å²) in [7, 11) is 0. The molecule has 0 saturated carbocycles. The van der Waals surface area contributed by atoms with Crippen LogP contribution in [0.1, 0.15) is 0 Å². The summed E-state index contributed by atoms with van der Waals surface area (Å²) in [6.07, 6.45) is 0.577. The van der Waals surface area contributed by atoms with Crippen molar-refractivity contribution < 1.29 is 9.90 Å². The van der Waals surface area contributed by atoms with E-state index in [4.69, 9.17) is 10.8 Å². The summed E-state index contributed by atoms with van der Waals surface area (Å²) >= 11 is 3.53. The summed E-state index contributed by atoms with van der Waals surface area (Å²) in [6, 6.07) is 10.1. The fourth-order valence-corrected chi connectivity index (χ4v) is 3.83. The predicted molar refractivity (Wildman–Crippen MR) is 102 cm³/mol. The molecule has 26 heavy (non-hydrogen) atoms. The number of hydrogen-bond acceptors (Lipinski definition) is 5. The minimum absolute atomic E-state index is 0.416. The fourth-order valence-electron chi connectivity index (χ4n) is 3.25. The molecule has 0 atom stereocenters. The van der Waals surface area contributed by atoms with Crippen molar-refractivity contribution in [3.63, 3.8) is 0 Å². The van der Waals surface area contributed by atoms with Gasteiger partial charge in [0.15, 0.2) is 5.82 Å². The van der Waals surface area contributed by atoms with E-state index in [0.29, 0.717) is 32.0 Å². The van der Waals surface area contributed by atoms with E-state index in [2.05, 4.69) is 37.0 Å². The highest BCUT2D eigenvalue weighted by Crippen LogP contribution is 2.32. The van der Waals surface area contributed by atoms with Crippen molar-refractivity contribution >= 4 is 39.0 Å². The van der Waals surface area contributed by atoms with Crippen molar-refractivity contribution in [3.8, 4) is 11.3 Å². The maximum absolute atomic E-state index is 11.1. The zero-order chi connectivity index (χ0) is 18.3. The van der Waals surface area contributed by atoms with Crippen LogP contribution in [-0.2, 0) is 0 Å². The molecule has 134 valence electrons. The smallest absolute Gasteiger partial charge is 0.407 e. The van der Waals surface area contributed by atoms with Crippen LogP contribution in [-0.4, -0.2) is 56.9 Å². The predicted octanol–water partition coefficient (Wildman–Crippen LogP) is 2.54. The van der Waals surface area contributed by atoms with E-state index in [1.54, 1.807) is 4.52 Å². The van der Waals surface area contributed by atoms with Gasteiger partial charge < -0.3 is 20.6 Å². The van der Waals surface area contributed by atoms with E-state index < -0.39 is 6.09 Å². The molecule has 3 aromatic rings. The number of nitrogens with two attached hydrogens (primary N) is 1. The van der Waals surface area contributed by atoms with Gasteiger partial charge in [-0.3, -0.25) is 0 Å². The number of nitrogen functional groups attached to an aromatic ring is 1. The van der Waals surface area contributed by atoms with Crippen LogP contribution >= 0.6 is 15.9 Å². The molecule has 1 aliphatic rings. The Labute approximate surface area is 158 Å². The molecule has 1 aromatic carbocycles. The first-order valence-corrected chi connectivity index (χ1v) is 8.95. The average Bonchev–Trinajstić information content (AvgIpc) is 3.00. The Morgan fingerprint density at radius 3 is 2.69 bits per heavy atom. The molecule has 0 unspecified atom stereocenters. The number of anilines is 2. The maximum Gasteiger partial charge on any atom is 0.407 e. The fraction of sp³-hybridized carbons (Fsp3) is 0.235. The first-order valence-electron chi connectivity index (χ1n) is 8.15. The van der Waals surface area contributed by atoms with Crippen molar-refractivity contribution in [2.45, 2.75) is 0 Å². The molecule has 3 N–H and O–H groups in total. The van der Waals surface area contributed by atoms with Gasteiger partial charge in [-0.1, -0.05) is 12.1 Å². The van der Waals surface area contributed by atoms with Gasteiger partial charge in [-0.25, -0.2) is 14.3 Å². The number of aromatic nitrogens is 3. The van der Waals surface area contributed by atoms with E-state index in [1.165, 1.54) is 11.2 Å². The number of halogens is 1. The van der Waals surface area contributed by atoms with Crippen LogP contribution in [0.15, 0.2) is 41.1 Å². The molecule has 1 aliphatic heterocycles. The summed E-state index contributed by atoms with van der Waals surface area (Å²) in [5, 5.41) is 13.4. The quantitative estimate of drug-likeness (QED) is 0.665. The molecular formula is C17H17BrN6O2. The minimum Gasteiger partial charge on any atom is -0.465 e. The van der Waals surface area contributed by atoms with E-state index >= 15 is 0 Å². The normalized spacial score (nSPS) is 14.8. The number of carboxylic acid groups (broad SMARTS) is 1.